The largest absolute Gasteiger partial charge is 0.478 e. The molecule has 0 aromatic heterocycles. The number of hydrogen-bond acceptors (Lipinski definition) is 1. The fourth-order valence-corrected chi connectivity index (χ4v) is 3.20. The molecule has 1 aliphatic carbocycles. The summed E-state index contributed by atoms with van der Waals surface area (Å²) in [5, 5.41) is 9.21. The summed E-state index contributed by atoms with van der Waals surface area (Å²) in [7, 11) is 0. The van der Waals surface area contributed by atoms with Crippen LogP contribution in [-0.4, -0.2) is 11.1 Å². The maximum absolute atomic E-state index is 11.2. The molecule has 0 saturated heterocycles. The summed E-state index contributed by atoms with van der Waals surface area (Å²) >= 11 is 0. The van der Waals surface area contributed by atoms with Crippen LogP contribution in [0.4, 0.5) is 0 Å². The summed E-state index contributed by atoms with van der Waals surface area (Å²) in [6, 6.07) is 14.1. The Balaban J connectivity index is 2.17. The number of hydrogen-bond donors (Lipinski definition) is 1. The number of rotatable bonds is 2. The lowest BCUT2D eigenvalue weighted by Gasteiger charge is -2.14. The summed E-state index contributed by atoms with van der Waals surface area (Å²) < 4.78 is 0. The van der Waals surface area contributed by atoms with Gasteiger partial charge in [0.2, 0.25) is 0 Å². The van der Waals surface area contributed by atoms with E-state index in [1.807, 2.05) is 12.1 Å². The minimum atomic E-state index is -0.857. The number of allylic oxidation sites excluding steroid dienone is 1. The lowest BCUT2D eigenvalue weighted by Crippen LogP contribution is -2.01. The number of benzene rings is 2. The van der Waals surface area contributed by atoms with E-state index in [2.05, 4.69) is 38.1 Å². The summed E-state index contributed by atoms with van der Waals surface area (Å²) in [6.45, 7) is 4.28. The topological polar surface area (TPSA) is 37.3 Å². The molecule has 0 atom stereocenters. The molecule has 2 aromatic carbocycles. The lowest BCUT2D eigenvalue weighted by atomic mass is 9.90. The molecule has 1 N–H and O–H groups in total. The van der Waals surface area contributed by atoms with E-state index in [-0.39, 0.29) is 0 Å². The number of aryl methyl sites for hydroxylation is 2. The molecule has 2 aromatic rings. The normalized spacial score (nSPS) is 14.5. The van der Waals surface area contributed by atoms with Crippen molar-refractivity contribution in [3.05, 3.63) is 75.9 Å². The molecule has 0 radical (unpaired) electrons. The smallest absolute Gasteiger partial charge is 0.335 e. The molecule has 0 heterocycles. The minimum absolute atomic E-state index is 0.376. The third-order valence-corrected chi connectivity index (χ3v) is 4.39. The standard InChI is InChI=1S/C20H20O2/c1-13-6-8-15(9-7-13)19-14(2)4-3-5-16-12-17(20(21)22)10-11-18(16)19/h6-12H,3-5H2,1-2H3,(H,21,22). The first-order valence-corrected chi connectivity index (χ1v) is 7.69. The fourth-order valence-electron chi connectivity index (χ4n) is 3.20. The SMILES string of the molecule is CC1=C(c2ccc(C)cc2)c2ccc(C(=O)O)cc2CCC1. The molecule has 22 heavy (non-hydrogen) atoms. The predicted molar refractivity (Wildman–Crippen MR) is 89.2 cm³/mol. The average molecular weight is 292 g/mol. The molecule has 0 spiro atoms. The maximum atomic E-state index is 11.2. The van der Waals surface area contributed by atoms with Gasteiger partial charge in [-0.25, -0.2) is 4.79 Å². The van der Waals surface area contributed by atoms with Crippen molar-refractivity contribution >= 4 is 11.5 Å². The molecule has 0 amide bonds. The van der Waals surface area contributed by atoms with Crippen LogP contribution in [0.3, 0.4) is 0 Å². The number of carboxylic acids is 1. The van der Waals surface area contributed by atoms with Gasteiger partial charge in [-0.3, -0.25) is 0 Å². The van der Waals surface area contributed by atoms with Crippen LogP contribution in [0.15, 0.2) is 48.0 Å². The Hall–Kier alpha value is -2.35. The van der Waals surface area contributed by atoms with Crippen LogP contribution >= 0.6 is 0 Å². The summed E-state index contributed by atoms with van der Waals surface area (Å²) in [6.07, 6.45) is 3.06. The Kier molecular flexibility index (Phi) is 3.84. The lowest BCUT2D eigenvalue weighted by molar-refractivity contribution is 0.0696. The first-order valence-electron chi connectivity index (χ1n) is 7.69. The summed E-state index contributed by atoms with van der Waals surface area (Å²) in [5.74, 6) is -0.857. The predicted octanol–water partition coefficient (Wildman–Crippen LogP) is 4.85. The third kappa shape index (κ3) is 2.69. The minimum Gasteiger partial charge on any atom is -0.478 e. The fraction of sp³-hybridized carbons (Fsp3) is 0.250. The highest BCUT2D eigenvalue weighted by Crippen LogP contribution is 2.35. The van der Waals surface area contributed by atoms with Crippen LogP contribution in [-0.2, 0) is 6.42 Å². The van der Waals surface area contributed by atoms with Crippen LogP contribution < -0.4 is 0 Å². The van der Waals surface area contributed by atoms with Crippen molar-refractivity contribution in [2.24, 2.45) is 0 Å². The van der Waals surface area contributed by atoms with E-state index in [4.69, 9.17) is 0 Å². The Bertz CT molecular complexity index is 752. The van der Waals surface area contributed by atoms with E-state index in [1.54, 1.807) is 6.07 Å². The van der Waals surface area contributed by atoms with Gasteiger partial charge in [-0.05, 0) is 67.5 Å². The second-order valence-electron chi connectivity index (χ2n) is 6.05. The highest BCUT2D eigenvalue weighted by molar-refractivity contribution is 5.90. The molecule has 2 heteroatoms. The van der Waals surface area contributed by atoms with Gasteiger partial charge < -0.3 is 5.11 Å². The first kappa shape index (κ1) is 14.6. The quantitative estimate of drug-likeness (QED) is 0.859. The van der Waals surface area contributed by atoms with Crippen molar-refractivity contribution in [1.29, 1.82) is 0 Å². The van der Waals surface area contributed by atoms with E-state index in [0.717, 1.165) is 24.8 Å². The van der Waals surface area contributed by atoms with Gasteiger partial charge in [0.05, 0.1) is 5.56 Å². The van der Waals surface area contributed by atoms with Crippen LogP contribution in [0.25, 0.3) is 5.57 Å². The molecule has 0 saturated carbocycles. The molecule has 2 nitrogen and oxygen atoms in total. The zero-order chi connectivity index (χ0) is 15.7. The molecule has 0 aliphatic heterocycles. The zero-order valence-corrected chi connectivity index (χ0v) is 13.0. The summed E-state index contributed by atoms with van der Waals surface area (Å²) in [5.41, 5.74) is 7.82. The highest BCUT2D eigenvalue weighted by atomic mass is 16.4. The molecule has 0 bridgehead atoms. The first-order chi connectivity index (χ1) is 10.6. The number of carbonyl (C=O) groups is 1. The Labute approximate surface area is 131 Å². The Morgan fingerprint density at radius 1 is 1.00 bits per heavy atom. The van der Waals surface area contributed by atoms with Gasteiger partial charge in [0.15, 0.2) is 0 Å². The molecular weight excluding hydrogens is 272 g/mol. The molecule has 3 rings (SSSR count). The number of aromatic carboxylic acids is 1. The Morgan fingerprint density at radius 2 is 1.73 bits per heavy atom. The second-order valence-corrected chi connectivity index (χ2v) is 6.05. The van der Waals surface area contributed by atoms with Gasteiger partial charge >= 0.3 is 5.97 Å². The molecular formula is C20H20O2. The van der Waals surface area contributed by atoms with Gasteiger partial charge in [0.1, 0.15) is 0 Å². The summed E-state index contributed by atoms with van der Waals surface area (Å²) in [4.78, 5) is 11.2. The van der Waals surface area contributed by atoms with Gasteiger partial charge in [0.25, 0.3) is 0 Å². The van der Waals surface area contributed by atoms with Crippen LogP contribution in [0, 0.1) is 6.92 Å². The van der Waals surface area contributed by atoms with E-state index in [1.165, 1.54) is 27.8 Å². The number of carboxylic acid groups (broad SMARTS) is 1. The maximum Gasteiger partial charge on any atom is 0.335 e. The van der Waals surface area contributed by atoms with E-state index in [9.17, 15) is 9.90 Å². The van der Waals surface area contributed by atoms with E-state index < -0.39 is 5.97 Å². The van der Waals surface area contributed by atoms with E-state index in [0.29, 0.717) is 5.56 Å². The second kappa shape index (κ2) is 5.80. The van der Waals surface area contributed by atoms with Gasteiger partial charge in [-0.15, -0.1) is 0 Å². The Morgan fingerprint density at radius 3 is 2.41 bits per heavy atom. The van der Waals surface area contributed by atoms with Crippen molar-refractivity contribution in [1.82, 2.24) is 0 Å². The number of fused-ring (bicyclic) bond motifs is 1. The monoisotopic (exact) mass is 292 g/mol. The van der Waals surface area contributed by atoms with Crippen molar-refractivity contribution in [3.8, 4) is 0 Å². The van der Waals surface area contributed by atoms with Gasteiger partial charge in [-0.1, -0.05) is 41.5 Å². The van der Waals surface area contributed by atoms with Gasteiger partial charge in [0, 0.05) is 0 Å². The molecule has 1 aliphatic rings. The van der Waals surface area contributed by atoms with Crippen LogP contribution in [0.1, 0.15) is 52.4 Å². The zero-order valence-electron chi connectivity index (χ0n) is 13.0. The van der Waals surface area contributed by atoms with Crippen molar-refractivity contribution in [3.63, 3.8) is 0 Å². The third-order valence-electron chi connectivity index (χ3n) is 4.39. The van der Waals surface area contributed by atoms with Crippen molar-refractivity contribution in [2.45, 2.75) is 33.1 Å². The molecule has 112 valence electrons. The molecule has 0 unspecified atom stereocenters. The van der Waals surface area contributed by atoms with Crippen LogP contribution in [0.5, 0.6) is 0 Å². The van der Waals surface area contributed by atoms with E-state index >= 15 is 0 Å². The van der Waals surface area contributed by atoms with Crippen LogP contribution in [0.2, 0.25) is 0 Å². The van der Waals surface area contributed by atoms with Crippen molar-refractivity contribution < 1.29 is 9.90 Å². The highest BCUT2D eigenvalue weighted by Gasteiger charge is 2.18. The molecule has 0 fully saturated rings. The van der Waals surface area contributed by atoms with Gasteiger partial charge in [-0.2, -0.15) is 0 Å². The average Bonchev–Trinajstić information content (AvgIpc) is 2.66. The van der Waals surface area contributed by atoms with Crippen molar-refractivity contribution in [2.75, 3.05) is 0 Å².